The first-order chi connectivity index (χ1) is 9.86. The van der Waals surface area contributed by atoms with Gasteiger partial charge in [0.2, 0.25) is 0 Å². The Morgan fingerprint density at radius 3 is 2.65 bits per heavy atom. The molecule has 1 aromatic rings. The van der Waals surface area contributed by atoms with E-state index in [1.807, 2.05) is 0 Å². The van der Waals surface area contributed by atoms with Crippen molar-refractivity contribution >= 4 is 0 Å². The lowest BCUT2D eigenvalue weighted by atomic mass is 9.86. The molecule has 1 unspecified atom stereocenters. The van der Waals surface area contributed by atoms with Crippen molar-refractivity contribution in [1.82, 2.24) is 4.90 Å². The van der Waals surface area contributed by atoms with Crippen LogP contribution in [0.25, 0.3) is 0 Å². The number of rotatable bonds is 8. The summed E-state index contributed by atoms with van der Waals surface area (Å²) in [4.78, 5) is 2.43. The molecular formula is C17H27NO2. The second-order valence-corrected chi connectivity index (χ2v) is 5.65. The monoisotopic (exact) mass is 277 g/mol. The molecule has 2 N–H and O–H groups in total. The van der Waals surface area contributed by atoms with Crippen LogP contribution in [-0.4, -0.2) is 41.4 Å². The van der Waals surface area contributed by atoms with Gasteiger partial charge in [0.15, 0.2) is 0 Å². The topological polar surface area (TPSA) is 43.7 Å². The molecule has 0 fully saturated rings. The molecule has 0 radical (unpaired) electrons. The van der Waals surface area contributed by atoms with Crippen LogP contribution in [0.3, 0.4) is 0 Å². The van der Waals surface area contributed by atoms with Crippen molar-refractivity contribution in [1.29, 1.82) is 0 Å². The summed E-state index contributed by atoms with van der Waals surface area (Å²) < 4.78 is 0. The molecule has 1 aromatic carbocycles. The smallest absolute Gasteiger partial charge is 0.0558 e. The second-order valence-electron chi connectivity index (χ2n) is 5.65. The largest absolute Gasteiger partial charge is 0.396 e. The molecule has 112 valence electrons. The summed E-state index contributed by atoms with van der Waals surface area (Å²) in [6, 6.07) is 9.20. The molecule has 0 bridgehead atoms. The molecule has 3 heteroatoms. The van der Waals surface area contributed by atoms with Crippen LogP contribution in [0.2, 0.25) is 0 Å². The lowest BCUT2D eigenvalue weighted by Gasteiger charge is -2.35. The third-order valence-corrected chi connectivity index (χ3v) is 4.27. The third-order valence-electron chi connectivity index (χ3n) is 4.27. The molecule has 0 amide bonds. The standard InChI is InChI=1S/C17H27NO2/c19-13-5-1-4-11-18(12-14-20)17-10-6-8-15-7-2-3-9-16(15)17/h2-3,7,9,17,19-20H,1,4-6,8,10-14H2. The maximum Gasteiger partial charge on any atom is 0.0558 e. The Hall–Kier alpha value is -0.900. The van der Waals surface area contributed by atoms with E-state index in [1.54, 1.807) is 0 Å². The summed E-state index contributed by atoms with van der Waals surface area (Å²) in [7, 11) is 0. The summed E-state index contributed by atoms with van der Waals surface area (Å²) >= 11 is 0. The van der Waals surface area contributed by atoms with E-state index in [-0.39, 0.29) is 13.2 Å². The number of hydrogen-bond donors (Lipinski definition) is 2. The summed E-state index contributed by atoms with van der Waals surface area (Å²) in [5.74, 6) is 0. The zero-order valence-corrected chi connectivity index (χ0v) is 12.3. The normalized spacial score (nSPS) is 18.2. The Morgan fingerprint density at radius 2 is 1.85 bits per heavy atom. The highest BCUT2D eigenvalue weighted by atomic mass is 16.3. The summed E-state index contributed by atoms with van der Waals surface area (Å²) in [5.41, 5.74) is 2.93. The van der Waals surface area contributed by atoms with E-state index in [0.717, 1.165) is 32.4 Å². The lowest BCUT2D eigenvalue weighted by molar-refractivity contribution is 0.135. The van der Waals surface area contributed by atoms with Crippen LogP contribution >= 0.6 is 0 Å². The molecule has 0 aromatic heterocycles. The van der Waals surface area contributed by atoms with Crippen LogP contribution in [0.15, 0.2) is 24.3 Å². The highest BCUT2D eigenvalue weighted by Crippen LogP contribution is 2.34. The van der Waals surface area contributed by atoms with E-state index < -0.39 is 0 Å². The Labute approximate surface area is 122 Å². The quantitative estimate of drug-likeness (QED) is 0.718. The van der Waals surface area contributed by atoms with Crippen LogP contribution < -0.4 is 0 Å². The first-order valence-electron chi connectivity index (χ1n) is 7.90. The van der Waals surface area contributed by atoms with E-state index in [9.17, 15) is 5.11 Å². The fourth-order valence-corrected chi connectivity index (χ4v) is 3.26. The van der Waals surface area contributed by atoms with Crippen molar-refractivity contribution in [2.24, 2.45) is 0 Å². The second kappa shape index (κ2) is 8.40. The van der Waals surface area contributed by atoms with E-state index in [4.69, 9.17) is 5.11 Å². The van der Waals surface area contributed by atoms with Crippen molar-refractivity contribution in [2.75, 3.05) is 26.3 Å². The molecule has 1 aliphatic rings. The zero-order valence-electron chi connectivity index (χ0n) is 12.3. The molecule has 1 aliphatic carbocycles. The Kier molecular flexibility index (Phi) is 6.51. The van der Waals surface area contributed by atoms with E-state index in [0.29, 0.717) is 6.04 Å². The molecule has 0 saturated carbocycles. The minimum absolute atomic E-state index is 0.221. The number of hydrogen-bond acceptors (Lipinski definition) is 3. The maximum atomic E-state index is 9.34. The average Bonchev–Trinajstić information content (AvgIpc) is 2.50. The van der Waals surface area contributed by atoms with Gasteiger partial charge in [-0.05, 0) is 56.2 Å². The summed E-state index contributed by atoms with van der Waals surface area (Å²) in [6.07, 6.45) is 6.65. The SMILES string of the molecule is OCCCCCN(CCO)C1CCCc2ccccc21. The number of aliphatic hydroxyl groups is 2. The van der Waals surface area contributed by atoms with Gasteiger partial charge >= 0.3 is 0 Å². The number of nitrogens with zero attached hydrogens (tertiary/aromatic N) is 1. The van der Waals surface area contributed by atoms with E-state index >= 15 is 0 Å². The first kappa shape index (κ1) is 15.5. The van der Waals surface area contributed by atoms with Crippen molar-refractivity contribution in [3.8, 4) is 0 Å². The third kappa shape index (κ3) is 4.05. The van der Waals surface area contributed by atoms with Gasteiger partial charge in [-0.1, -0.05) is 24.3 Å². The molecule has 3 nitrogen and oxygen atoms in total. The summed E-state index contributed by atoms with van der Waals surface area (Å²) in [5, 5.41) is 18.2. The zero-order chi connectivity index (χ0) is 14.2. The van der Waals surface area contributed by atoms with E-state index in [2.05, 4.69) is 29.2 Å². The number of unbranched alkanes of at least 4 members (excludes halogenated alkanes) is 2. The molecule has 0 saturated heterocycles. The van der Waals surface area contributed by atoms with Crippen LogP contribution in [0.1, 0.15) is 49.3 Å². The molecule has 0 aliphatic heterocycles. The number of aryl methyl sites for hydroxylation is 1. The van der Waals surface area contributed by atoms with Crippen LogP contribution in [-0.2, 0) is 6.42 Å². The van der Waals surface area contributed by atoms with Crippen molar-refractivity contribution < 1.29 is 10.2 Å². The molecule has 2 rings (SSSR count). The minimum atomic E-state index is 0.221. The predicted molar refractivity (Wildman–Crippen MR) is 81.7 cm³/mol. The fraction of sp³-hybridized carbons (Fsp3) is 0.647. The van der Waals surface area contributed by atoms with Crippen LogP contribution in [0.5, 0.6) is 0 Å². The number of benzene rings is 1. The predicted octanol–water partition coefficient (Wildman–Crippen LogP) is 2.52. The Morgan fingerprint density at radius 1 is 1.00 bits per heavy atom. The lowest BCUT2D eigenvalue weighted by Crippen LogP contribution is -2.34. The van der Waals surface area contributed by atoms with Gasteiger partial charge in [0.05, 0.1) is 6.61 Å². The Bertz CT molecular complexity index is 394. The van der Waals surface area contributed by atoms with Gasteiger partial charge in [0, 0.05) is 19.2 Å². The van der Waals surface area contributed by atoms with Crippen molar-refractivity contribution in [3.05, 3.63) is 35.4 Å². The minimum Gasteiger partial charge on any atom is -0.396 e. The molecule has 1 atom stereocenters. The fourth-order valence-electron chi connectivity index (χ4n) is 3.26. The van der Waals surface area contributed by atoms with Crippen LogP contribution in [0, 0.1) is 0 Å². The first-order valence-corrected chi connectivity index (χ1v) is 7.90. The highest BCUT2D eigenvalue weighted by Gasteiger charge is 2.24. The number of fused-ring (bicyclic) bond motifs is 1. The van der Waals surface area contributed by atoms with E-state index in [1.165, 1.54) is 30.4 Å². The number of aliphatic hydroxyl groups excluding tert-OH is 2. The molecule has 0 spiro atoms. The van der Waals surface area contributed by atoms with Crippen molar-refractivity contribution in [2.45, 2.75) is 44.6 Å². The average molecular weight is 277 g/mol. The molecular weight excluding hydrogens is 250 g/mol. The van der Waals surface area contributed by atoms with Crippen molar-refractivity contribution in [3.63, 3.8) is 0 Å². The molecule has 0 heterocycles. The van der Waals surface area contributed by atoms with Gasteiger partial charge in [-0.25, -0.2) is 0 Å². The Balaban J connectivity index is 2.02. The summed E-state index contributed by atoms with van der Waals surface area (Å²) in [6.45, 7) is 2.27. The van der Waals surface area contributed by atoms with Gasteiger partial charge in [0.25, 0.3) is 0 Å². The molecule has 20 heavy (non-hydrogen) atoms. The van der Waals surface area contributed by atoms with Gasteiger partial charge in [-0.3, -0.25) is 4.90 Å². The highest BCUT2D eigenvalue weighted by molar-refractivity contribution is 5.32. The maximum absolute atomic E-state index is 9.34. The van der Waals surface area contributed by atoms with Gasteiger partial charge in [-0.15, -0.1) is 0 Å². The van der Waals surface area contributed by atoms with Crippen LogP contribution in [0.4, 0.5) is 0 Å². The van der Waals surface area contributed by atoms with Gasteiger partial charge in [-0.2, -0.15) is 0 Å². The van der Waals surface area contributed by atoms with Gasteiger partial charge in [0.1, 0.15) is 0 Å². The van der Waals surface area contributed by atoms with Gasteiger partial charge < -0.3 is 10.2 Å².